The summed E-state index contributed by atoms with van der Waals surface area (Å²) in [5.41, 5.74) is 2.33. The Morgan fingerprint density at radius 2 is 2.12 bits per heavy atom. The molecule has 0 aromatic heterocycles. The number of thiocarbonyl (C=S) groups is 1. The highest BCUT2D eigenvalue weighted by atomic mass is 32.2. The number of carbonyl (C=O) groups excluding carboxylic acids is 2. The smallest absolute Gasteiger partial charge is 0.354 e. The number of methoxy groups -OCH3 is 1. The van der Waals surface area contributed by atoms with E-state index in [1.54, 1.807) is 11.8 Å². The minimum atomic E-state index is -0.462. The number of carbonyl (C=O) groups is 2. The van der Waals surface area contributed by atoms with Crippen molar-refractivity contribution in [3.05, 3.63) is 47.2 Å². The zero-order valence-electron chi connectivity index (χ0n) is 13.4. The van der Waals surface area contributed by atoms with Crippen molar-refractivity contribution in [3.63, 3.8) is 0 Å². The second-order valence-electron chi connectivity index (χ2n) is 5.74. The van der Waals surface area contributed by atoms with Gasteiger partial charge in [-0.05, 0) is 18.1 Å². The molecule has 1 fully saturated rings. The number of rotatable bonds is 4. The number of ether oxygens (including phenoxy) is 1. The number of amides is 1. The van der Waals surface area contributed by atoms with Gasteiger partial charge >= 0.3 is 5.97 Å². The molecule has 1 unspecified atom stereocenters. The topological polar surface area (TPSA) is 58.6 Å². The maximum atomic E-state index is 12.5. The van der Waals surface area contributed by atoms with Crippen LogP contribution in [0.4, 0.5) is 0 Å². The van der Waals surface area contributed by atoms with E-state index in [-0.39, 0.29) is 17.3 Å². The van der Waals surface area contributed by atoms with Crippen molar-refractivity contribution in [3.8, 4) is 0 Å². The molecule has 1 amide bonds. The van der Waals surface area contributed by atoms with E-state index in [4.69, 9.17) is 17.0 Å². The molecule has 0 radical (unpaired) electrons. The van der Waals surface area contributed by atoms with E-state index in [9.17, 15) is 9.59 Å². The summed E-state index contributed by atoms with van der Waals surface area (Å²) in [7, 11) is 1.33. The lowest BCUT2D eigenvalue weighted by molar-refractivity contribution is -0.150. The molecule has 24 heavy (non-hydrogen) atoms. The minimum absolute atomic E-state index is 0.121. The van der Waals surface area contributed by atoms with Crippen molar-refractivity contribution < 1.29 is 14.3 Å². The molecule has 1 aromatic rings. The van der Waals surface area contributed by atoms with Crippen LogP contribution in [0.25, 0.3) is 0 Å². The van der Waals surface area contributed by atoms with Gasteiger partial charge in [0.15, 0.2) is 0 Å². The number of hydrogen-bond donors (Lipinski definition) is 1. The summed E-state index contributed by atoms with van der Waals surface area (Å²) >= 11 is 7.02. The van der Waals surface area contributed by atoms with Crippen LogP contribution in [0.15, 0.2) is 41.6 Å². The maximum Gasteiger partial charge on any atom is 0.354 e. The molecule has 0 aliphatic carbocycles. The Morgan fingerprint density at radius 3 is 2.79 bits per heavy atom. The zero-order chi connectivity index (χ0) is 17.3. The summed E-state index contributed by atoms with van der Waals surface area (Å²) in [6, 6.07) is 9.48. The number of hydrogen-bond acceptors (Lipinski definition) is 5. The molecule has 0 spiro atoms. The third-order valence-corrected chi connectivity index (χ3v) is 5.75. The molecular formula is C17H18N2O3S2. The predicted octanol–water partition coefficient (Wildman–Crippen LogP) is 1.88. The van der Waals surface area contributed by atoms with E-state index < -0.39 is 5.97 Å². The van der Waals surface area contributed by atoms with Gasteiger partial charge in [0.1, 0.15) is 17.1 Å². The van der Waals surface area contributed by atoms with E-state index in [2.05, 4.69) is 5.32 Å². The fourth-order valence-electron chi connectivity index (χ4n) is 2.86. The second kappa shape index (κ2) is 6.94. The fraction of sp³-hybridized carbons (Fsp3) is 0.353. The van der Waals surface area contributed by atoms with Gasteiger partial charge in [0.2, 0.25) is 0 Å². The molecule has 2 heterocycles. The third-order valence-electron chi connectivity index (χ3n) is 4.06. The van der Waals surface area contributed by atoms with Gasteiger partial charge < -0.3 is 10.1 Å². The van der Waals surface area contributed by atoms with Gasteiger partial charge in [0.05, 0.1) is 12.1 Å². The second-order valence-corrected chi connectivity index (χ2v) is 7.34. The number of nitrogens with one attached hydrogen (secondary N) is 1. The van der Waals surface area contributed by atoms with Crippen molar-refractivity contribution in [2.75, 3.05) is 12.9 Å². The lowest BCUT2D eigenvalue weighted by Crippen LogP contribution is -2.70. The lowest BCUT2D eigenvalue weighted by Gasteiger charge is -2.49. The Bertz CT molecular complexity index is 718. The van der Waals surface area contributed by atoms with Crippen LogP contribution < -0.4 is 5.32 Å². The summed E-state index contributed by atoms with van der Waals surface area (Å²) in [6.45, 7) is 1.85. The lowest BCUT2D eigenvalue weighted by atomic mass is 10.0. The summed E-state index contributed by atoms with van der Waals surface area (Å²) in [4.78, 5) is 26.6. The van der Waals surface area contributed by atoms with Gasteiger partial charge in [-0.1, -0.05) is 42.5 Å². The number of esters is 1. The third kappa shape index (κ3) is 3.06. The Balaban J connectivity index is 1.67. The van der Waals surface area contributed by atoms with Crippen molar-refractivity contribution in [2.45, 2.75) is 24.8 Å². The van der Waals surface area contributed by atoms with Crippen molar-refractivity contribution in [1.82, 2.24) is 10.2 Å². The van der Waals surface area contributed by atoms with Crippen LogP contribution in [0.3, 0.4) is 0 Å². The van der Waals surface area contributed by atoms with Crippen molar-refractivity contribution in [1.29, 1.82) is 0 Å². The van der Waals surface area contributed by atoms with Crippen molar-refractivity contribution >= 4 is 40.8 Å². The van der Waals surface area contributed by atoms with E-state index in [1.165, 1.54) is 12.0 Å². The molecule has 5 nitrogen and oxygen atoms in total. The Hall–Kier alpha value is -1.86. The van der Waals surface area contributed by atoms with Crippen LogP contribution in [0, 0.1) is 0 Å². The number of fused-ring (bicyclic) bond motifs is 1. The summed E-state index contributed by atoms with van der Waals surface area (Å²) < 4.78 is 4.81. The first-order chi connectivity index (χ1) is 11.5. The Labute approximate surface area is 150 Å². The molecule has 126 valence electrons. The van der Waals surface area contributed by atoms with Gasteiger partial charge in [-0.25, -0.2) is 4.79 Å². The first kappa shape index (κ1) is 17.0. The van der Waals surface area contributed by atoms with E-state index in [0.717, 1.165) is 11.1 Å². The van der Waals surface area contributed by atoms with Crippen molar-refractivity contribution in [2.24, 2.45) is 0 Å². The molecule has 1 aromatic carbocycles. The molecule has 2 aliphatic rings. The highest BCUT2D eigenvalue weighted by Crippen LogP contribution is 2.40. The molecule has 2 atom stereocenters. The Morgan fingerprint density at radius 1 is 1.42 bits per heavy atom. The quantitative estimate of drug-likeness (QED) is 0.501. The Kier molecular flexibility index (Phi) is 4.91. The average molecular weight is 362 g/mol. The normalized spacial score (nSPS) is 22.6. The summed E-state index contributed by atoms with van der Waals surface area (Å²) in [6.07, 6.45) is 0.593. The molecule has 7 heteroatoms. The molecule has 1 N–H and O–H groups in total. The zero-order valence-corrected chi connectivity index (χ0v) is 15.1. The summed E-state index contributed by atoms with van der Waals surface area (Å²) in [5, 5.41) is 3.03. The molecule has 0 saturated carbocycles. The highest BCUT2D eigenvalue weighted by Gasteiger charge is 2.53. The van der Waals surface area contributed by atoms with Gasteiger partial charge in [-0.3, -0.25) is 9.69 Å². The predicted molar refractivity (Wildman–Crippen MR) is 97.5 cm³/mol. The molecule has 1 saturated heterocycles. The van der Waals surface area contributed by atoms with Crippen LogP contribution in [0.2, 0.25) is 0 Å². The summed E-state index contributed by atoms with van der Waals surface area (Å²) in [5.74, 6) is 0.0986. The SMILES string of the molecule is COC(=O)C1=C(C)CS[C@@H]2C(NC(=S)Cc3ccccc3)C(=O)N12. The molecule has 3 rings (SSSR count). The molecule has 0 bridgehead atoms. The van der Waals surface area contributed by atoms with Crippen LogP contribution in [0.1, 0.15) is 12.5 Å². The maximum absolute atomic E-state index is 12.5. The van der Waals surface area contributed by atoms with E-state index in [1.807, 2.05) is 37.3 Å². The van der Waals surface area contributed by atoms with E-state index in [0.29, 0.717) is 22.9 Å². The number of thioether (sulfide) groups is 1. The standard InChI is InChI=1S/C17H18N2O3S2/c1-10-9-24-16-13(15(20)19(16)14(10)17(21)22-2)18-12(23)8-11-6-4-3-5-7-11/h3-7,13,16H,8-9H2,1-2H3,(H,18,23)/t13?,16-/m1/s1. The average Bonchev–Trinajstić information content (AvgIpc) is 2.59. The van der Waals surface area contributed by atoms with Crippen LogP contribution in [-0.4, -0.2) is 46.0 Å². The van der Waals surface area contributed by atoms with Gasteiger partial charge in [-0.15, -0.1) is 11.8 Å². The molecular weight excluding hydrogens is 344 g/mol. The minimum Gasteiger partial charge on any atom is -0.464 e. The number of benzene rings is 1. The van der Waals surface area contributed by atoms with Crippen LogP contribution in [-0.2, 0) is 20.7 Å². The van der Waals surface area contributed by atoms with Crippen LogP contribution in [0.5, 0.6) is 0 Å². The fourth-order valence-corrected chi connectivity index (χ4v) is 4.45. The first-order valence-electron chi connectivity index (χ1n) is 7.59. The molecule has 2 aliphatic heterocycles. The van der Waals surface area contributed by atoms with Crippen LogP contribution >= 0.6 is 24.0 Å². The van der Waals surface area contributed by atoms with Gasteiger partial charge in [0, 0.05) is 12.2 Å². The van der Waals surface area contributed by atoms with Gasteiger partial charge in [-0.2, -0.15) is 0 Å². The largest absolute Gasteiger partial charge is 0.464 e. The van der Waals surface area contributed by atoms with Gasteiger partial charge in [0.25, 0.3) is 5.91 Å². The first-order valence-corrected chi connectivity index (χ1v) is 9.04. The highest BCUT2D eigenvalue weighted by molar-refractivity contribution is 8.00. The monoisotopic (exact) mass is 362 g/mol. The number of β-lactam (4-membered cyclic amide) rings is 1. The van der Waals surface area contributed by atoms with E-state index >= 15 is 0 Å². The number of nitrogens with zero attached hydrogens (tertiary/aromatic N) is 1.